The van der Waals surface area contributed by atoms with Crippen LogP contribution in [0, 0.1) is 6.92 Å². The molecule has 2 aromatic rings. The predicted molar refractivity (Wildman–Crippen MR) is 93.6 cm³/mol. The molecule has 0 atom stereocenters. The number of aryl methyl sites for hydroxylation is 2. The van der Waals surface area contributed by atoms with E-state index in [2.05, 4.69) is 38.1 Å². The van der Waals surface area contributed by atoms with E-state index >= 15 is 0 Å². The first-order valence-electron chi connectivity index (χ1n) is 8.07. The van der Waals surface area contributed by atoms with Crippen LogP contribution in [0.2, 0.25) is 0 Å². The van der Waals surface area contributed by atoms with Crippen LogP contribution in [-0.4, -0.2) is 45.6 Å². The Bertz CT molecular complexity index is 659. The Kier molecular flexibility index (Phi) is 6.80. The summed E-state index contributed by atoms with van der Waals surface area (Å²) in [5.41, 5.74) is 1.17. The second-order valence-electron chi connectivity index (χ2n) is 5.70. The van der Waals surface area contributed by atoms with E-state index in [1.165, 1.54) is 5.56 Å². The van der Waals surface area contributed by atoms with Crippen LogP contribution in [0.4, 0.5) is 0 Å². The average Bonchev–Trinajstić information content (AvgIpc) is 3.13. The molecule has 24 heavy (non-hydrogen) atoms. The van der Waals surface area contributed by atoms with Crippen molar-refractivity contribution in [3.63, 3.8) is 0 Å². The molecule has 0 fully saturated rings. The number of nitrogens with one attached hydrogen (secondary N) is 2. The molecule has 8 nitrogen and oxygen atoms in total. The molecular formula is C16H27N7O. The van der Waals surface area contributed by atoms with Gasteiger partial charge in [-0.2, -0.15) is 0 Å². The van der Waals surface area contributed by atoms with Gasteiger partial charge in [-0.15, -0.1) is 10.2 Å². The number of ether oxygens (including phenoxy) is 1. The molecule has 132 valence electrons. The van der Waals surface area contributed by atoms with Gasteiger partial charge in [0.15, 0.2) is 11.8 Å². The molecule has 0 bridgehead atoms. The van der Waals surface area contributed by atoms with E-state index in [-0.39, 0.29) is 0 Å². The lowest BCUT2D eigenvalue weighted by Crippen LogP contribution is -2.38. The number of aromatic nitrogens is 4. The molecule has 0 radical (unpaired) electrons. The summed E-state index contributed by atoms with van der Waals surface area (Å²) in [5, 5.41) is 14.9. The second-order valence-corrected chi connectivity index (χ2v) is 5.70. The lowest BCUT2D eigenvalue weighted by Gasteiger charge is -2.12. The standard InChI is InChI=1S/C16H27N7O/c1-13-20-21-15(23(13)3)11-19-16(17-7-5-9-24-4)18-10-14-6-8-22(2)12-14/h6,8,12H,5,7,9-11H2,1-4H3,(H2,17,18,19). The molecule has 8 heteroatoms. The highest BCUT2D eigenvalue weighted by Gasteiger charge is 2.06. The summed E-state index contributed by atoms with van der Waals surface area (Å²) >= 11 is 0. The van der Waals surface area contributed by atoms with E-state index in [1.54, 1.807) is 7.11 Å². The van der Waals surface area contributed by atoms with Gasteiger partial charge >= 0.3 is 0 Å². The van der Waals surface area contributed by atoms with Gasteiger partial charge in [0, 0.05) is 46.8 Å². The van der Waals surface area contributed by atoms with Crippen LogP contribution in [0.15, 0.2) is 23.5 Å². The van der Waals surface area contributed by atoms with Crippen LogP contribution in [0.3, 0.4) is 0 Å². The van der Waals surface area contributed by atoms with Gasteiger partial charge in [-0.3, -0.25) is 0 Å². The summed E-state index contributed by atoms with van der Waals surface area (Å²) in [7, 11) is 5.67. The Morgan fingerprint density at radius 3 is 2.75 bits per heavy atom. The van der Waals surface area contributed by atoms with Crippen molar-refractivity contribution in [2.75, 3.05) is 20.3 Å². The zero-order chi connectivity index (χ0) is 17.4. The number of nitrogens with zero attached hydrogens (tertiary/aromatic N) is 5. The van der Waals surface area contributed by atoms with Crippen molar-refractivity contribution >= 4 is 5.96 Å². The average molecular weight is 333 g/mol. The van der Waals surface area contributed by atoms with E-state index in [4.69, 9.17) is 4.74 Å². The Hall–Kier alpha value is -2.35. The lowest BCUT2D eigenvalue weighted by molar-refractivity contribution is 0.195. The van der Waals surface area contributed by atoms with Crippen LogP contribution < -0.4 is 10.6 Å². The first-order valence-corrected chi connectivity index (χ1v) is 8.07. The third kappa shape index (κ3) is 5.38. The number of aliphatic imine (C=N–C) groups is 1. The van der Waals surface area contributed by atoms with Crippen molar-refractivity contribution in [3.05, 3.63) is 35.7 Å². The molecule has 0 unspecified atom stereocenters. The van der Waals surface area contributed by atoms with Gasteiger partial charge in [0.25, 0.3) is 0 Å². The second kappa shape index (κ2) is 9.07. The third-order valence-electron chi connectivity index (χ3n) is 3.73. The molecule has 2 N–H and O–H groups in total. The smallest absolute Gasteiger partial charge is 0.191 e. The Balaban J connectivity index is 1.94. The van der Waals surface area contributed by atoms with Crippen molar-refractivity contribution in [3.8, 4) is 0 Å². The fraction of sp³-hybridized carbons (Fsp3) is 0.562. The highest BCUT2D eigenvalue weighted by molar-refractivity contribution is 5.79. The van der Waals surface area contributed by atoms with Crippen LogP contribution >= 0.6 is 0 Å². The minimum atomic E-state index is 0.572. The monoisotopic (exact) mass is 333 g/mol. The van der Waals surface area contributed by atoms with Gasteiger partial charge in [0.1, 0.15) is 5.82 Å². The summed E-state index contributed by atoms with van der Waals surface area (Å²) in [6, 6.07) is 2.07. The number of guanidine groups is 1. The molecule has 2 heterocycles. The van der Waals surface area contributed by atoms with E-state index in [0.717, 1.165) is 37.2 Å². The molecule has 0 aliphatic rings. The lowest BCUT2D eigenvalue weighted by atomic mass is 10.3. The molecule has 2 aromatic heterocycles. The molecular weight excluding hydrogens is 306 g/mol. The van der Waals surface area contributed by atoms with E-state index in [9.17, 15) is 0 Å². The first-order chi connectivity index (χ1) is 11.6. The molecule has 0 spiro atoms. The van der Waals surface area contributed by atoms with Crippen molar-refractivity contribution in [2.45, 2.75) is 26.4 Å². The zero-order valence-corrected chi connectivity index (χ0v) is 14.9. The third-order valence-corrected chi connectivity index (χ3v) is 3.73. The molecule has 0 aromatic carbocycles. The van der Waals surface area contributed by atoms with E-state index in [0.29, 0.717) is 13.1 Å². The molecule has 0 amide bonds. The highest BCUT2D eigenvalue weighted by Crippen LogP contribution is 2.01. The van der Waals surface area contributed by atoms with Crippen molar-refractivity contribution < 1.29 is 4.74 Å². The van der Waals surface area contributed by atoms with Crippen LogP contribution in [0.5, 0.6) is 0 Å². The summed E-state index contributed by atoms with van der Waals surface area (Å²) in [4.78, 5) is 4.64. The van der Waals surface area contributed by atoms with Crippen molar-refractivity contribution in [1.82, 2.24) is 30.0 Å². The van der Waals surface area contributed by atoms with Gasteiger partial charge in [0.05, 0.1) is 13.1 Å². The number of hydrogen-bond acceptors (Lipinski definition) is 4. The number of rotatable bonds is 8. The maximum atomic E-state index is 5.08. The topological polar surface area (TPSA) is 81.3 Å². The summed E-state index contributed by atoms with van der Waals surface area (Å²) < 4.78 is 9.06. The summed E-state index contributed by atoms with van der Waals surface area (Å²) in [6.45, 7) is 4.65. The number of methoxy groups -OCH3 is 1. The number of hydrogen-bond donors (Lipinski definition) is 2. The Morgan fingerprint density at radius 1 is 1.29 bits per heavy atom. The normalized spacial score (nSPS) is 11.8. The van der Waals surface area contributed by atoms with Crippen molar-refractivity contribution in [2.24, 2.45) is 19.1 Å². The van der Waals surface area contributed by atoms with Crippen LogP contribution in [-0.2, 0) is 31.9 Å². The van der Waals surface area contributed by atoms with E-state index in [1.807, 2.05) is 36.4 Å². The molecule has 0 aliphatic carbocycles. The van der Waals surface area contributed by atoms with Gasteiger partial charge in [-0.05, 0) is 25.0 Å². The summed E-state index contributed by atoms with van der Waals surface area (Å²) in [5.74, 6) is 2.52. The quantitative estimate of drug-likeness (QED) is 0.423. The van der Waals surface area contributed by atoms with Gasteiger partial charge in [-0.1, -0.05) is 0 Å². The SMILES string of the molecule is COCCCNC(=NCc1ccn(C)c1)NCc1nnc(C)n1C. The Morgan fingerprint density at radius 2 is 2.12 bits per heavy atom. The maximum Gasteiger partial charge on any atom is 0.191 e. The fourth-order valence-electron chi connectivity index (χ4n) is 2.19. The van der Waals surface area contributed by atoms with Crippen LogP contribution in [0.1, 0.15) is 23.6 Å². The van der Waals surface area contributed by atoms with Crippen molar-refractivity contribution in [1.29, 1.82) is 0 Å². The molecule has 0 aliphatic heterocycles. The van der Waals surface area contributed by atoms with Crippen LogP contribution in [0.25, 0.3) is 0 Å². The molecule has 2 rings (SSSR count). The van der Waals surface area contributed by atoms with Gasteiger partial charge in [0.2, 0.25) is 0 Å². The minimum absolute atomic E-state index is 0.572. The zero-order valence-electron chi connectivity index (χ0n) is 14.9. The van der Waals surface area contributed by atoms with E-state index < -0.39 is 0 Å². The highest BCUT2D eigenvalue weighted by atomic mass is 16.5. The fourth-order valence-corrected chi connectivity index (χ4v) is 2.19. The first kappa shape index (κ1) is 18.0. The molecule has 0 saturated carbocycles. The maximum absolute atomic E-state index is 5.08. The largest absolute Gasteiger partial charge is 0.385 e. The van der Waals surface area contributed by atoms with Gasteiger partial charge in [-0.25, -0.2) is 4.99 Å². The summed E-state index contributed by atoms with van der Waals surface area (Å²) in [6.07, 6.45) is 5.01. The molecule has 0 saturated heterocycles. The Labute approximate surface area is 142 Å². The predicted octanol–water partition coefficient (Wildman–Crippen LogP) is 0.734. The van der Waals surface area contributed by atoms with Gasteiger partial charge < -0.3 is 24.5 Å². The minimum Gasteiger partial charge on any atom is -0.385 e.